The van der Waals surface area contributed by atoms with Crippen molar-refractivity contribution in [3.63, 3.8) is 0 Å². The maximum absolute atomic E-state index is 13.6. The average molecular weight is 441 g/mol. The van der Waals surface area contributed by atoms with Gasteiger partial charge in [-0.1, -0.05) is 6.07 Å². The van der Waals surface area contributed by atoms with E-state index in [9.17, 15) is 4.39 Å². The molecule has 5 nitrogen and oxygen atoms in total. The lowest BCUT2D eigenvalue weighted by atomic mass is 9.95. The smallest absolute Gasteiger partial charge is 0.191 e. The van der Waals surface area contributed by atoms with Gasteiger partial charge in [0.2, 0.25) is 0 Å². The number of hydrogen-bond donors (Lipinski definition) is 2. The van der Waals surface area contributed by atoms with Crippen molar-refractivity contribution in [2.24, 2.45) is 4.99 Å². The van der Waals surface area contributed by atoms with E-state index < -0.39 is 0 Å². The predicted molar refractivity (Wildman–Crippen MR) is 124 cm³/mol. The summed E-state index contributed by atoms with van der Waals surface area (Å²) in [5.41, 5.74) is 2.27. The summed E-state index contributed by atoms with van der Waals surface area (Å²) in [4.78, 5) is 7.41. The highest BCUT2D eigenvalue weighted by molar-refractivity contribution is 7.99. The van der Waals surface area contributed by atoms with Gasteiger partial charge in [0.05, 0.1) is 19.8 Å². The number of thioether (sulfide) groups is 2. The fourth-order valence-corrected chi connectivity index (χ4v) is 5.98. The second-order valence-electron chi connectivity index (χ2n) is 7.52. The fraction of sp³-hybridized carbons (Fsp3) is 0.667. The lowest BCUT2D eigenvalue weighted by molar-refractivity contribution is -0.0120. The summed E-state index contributed by atoms with van der Waals surface area (Å²) in [5, 5.41) is 6.97. The van der Waals surface area contributed by atoms with Gasteiger partial charge in [0.15, 0.2) is 5.96 Å². The van der Waals surface area contributed by atoms with Crippen LogP contribution in [0.3, 0.4) is 0 Å². The van der Waals surface area contributed by atoms with Crippen molar-refractivity contribution in [3.8, 4) is 0 Å². The summed E-state index contributed by atoms with van der Waals surface area (Å²) in [6.45, 7) is 7.97. The molecule has 1 aromatic carbocycles. The molecule has 2 aliphatic heterocycles. The van der Waals surface area contributed by atoms with E-state index in [2.05, 4.69) is 22.5 Å². The highest BCUT2D eigenvalue weighted by Crippen LogP contribution is 2.33. The molecule has 8 heteroatoms. The quantitative estimate of drug-likeness (QED) is 0.479. The van der Waals surface area contributed by atoms with Gasteiger partial charge in [-0.15, -0.1) is 0 Å². The number of ether oxygens (including phenoxy) is 1. The van der Waals surface area contributed by atoms with E-state index in [1.807, 2.05) is 24.1 Å². The molecule has 0 amide bonds. The molecule has 0 aromatic heterocycles. The molecule has 1 aromatic rings. The van der Waals surface area contributed by atoms with E-state index in [1.165, 1.54) is 18.2 Å². The highest BCUT2D eigenvalue weighted by atomic mass is 32.2. The van der Waals surface area contributed by atoms with Gasteiger partial charge < -0.3 is 15.4 Å². The third-order valence-corrected chi connectivity index (χ3v) is 7.40. The van der Waals surface area contributed by atoms with E-state index >= 15 is 0 Å². The molecular weight excluding hydrogens is 407 g/mol. The van der Waals surface area contributed by atoms with E-state index in [1.54, 1.807) is 17.8 Å². The zero-order valence-electron chi connectivity index (χ0n) is 17.5. The molecule has 2 aliphatic rings. The van der Waals surface area contributed by atoms with E-state index in [0.29, 0.717) is 6.54 Å². The van der Waals surface area contributed by atoms with Crippen LogP contribution >= 0.6 is 23.5 Å². The first-order valence-corrected chi connectivity index (χ1v) is 12.9. The molecule has 0 radical (unpaired) electrons. The summed E-state index contributed by atoms with van der Waals surface area (Å²) in [7, 11) is 0. The Labute approximate surface area is 182 Å². The van der Waals surface area contributed by atoms with E-state index in [4.69, 9.17) is 9.73 Å². The third-order valence-electron chi connectivity index (χ3n) is 5.57. The van der Waals surface area contributed by atoms with Crippen molar-refractivity contribution < 1.29 is 9.13 Å². The number of morpholine rings is 1. The Morgan fingerprint density at radius 3 is 2.83 bits per heavy atom. The molecule has 2 heterocycles. The zero-order chi connectivity index (χ0) is 20.5. The minimum absolute atomic E-state index is 0.171. The molecule has 1 unspecified atom stereocenters. The van der Waals surface area contributed by atoms with Gasteiger partial charge in [0.1, 0.15) is 5.82 Å². The monoisotopic (exact) mass is 440 g/mol. The van der Waals surface area contributed by atoms with Crippen LogP contribution in [0.15, 0.2) is 23.2 Å². The first-order chi connectivity index (χ1) is 14.2. The SMILES string of the molecule is CCNC(=NCc1ccc(F)cc1CSC)NCC1(N2CCOCC2)CCSC1. The molecule has 2 saturated heterocycles. The van der Waals surface area contributed by atoms with Gasteiger partial charge >= 0.3 is 0 Å². The van der Waals surface area contributed by atoms with Crippen LogP contribution in [0.2, 0.25) is 0 Å². The summed E-state index contributed by atoms with van der Waals surface area (Å²) in [6.07, 6.45) is 3.23. The van der Waals surface area contributed by atoms with Crippen molar-refractivity contribution in [1.29, 1.82) is 0 Å². The van der Waals surface area contributed by atoms with Crippen LogP contribution in [0, 0.1) is 5.82 Å². The van der Waals surface area contributed by atoms with Crippen molar-refractivity contribution in [2.45, 2.75) is 31.2 Å². The largest absolute Gasteiger partial charge is 0.379 e. The minimum Gasteiger partial charge on any atom is -0.379 e. The Balaban J connectivity index is 1.67. The first-order valence-electron chi connectivity index (χ1n) is 10.4. The van der Waals surface area contributed by atoms with Gasteiger partial charge in [-0.25, -0.2) is 9.38 Å². The van der Waals surface area contributed by atoms with Crippen LogP contribution < -0.4 is 10.6 Å². The van der Waals surface area contributed by atoms with Crippen LogP contribution in [0.25, 0.3) is 0 Å². The van der Waals surface area contributed by atoms with Crippen LogP contribution in [-0.2, 0) is 17.0 Å². The lowest BCUT2D eigenvalue weighted by Gasteiger charge is -2.43. The van der Waals surface area contributed by atoms with E-state index in [-0.39, 0.29) is 11.4 Å². The molecule has 0 aliphatic carbocycles. The normalized spacial score (nSPS) is 23.3. The number of aliphatic imine (C=N–C) groups is 1. The number of benzene rings is 1. The Hall–Kier alpha value is -0.960. The number of nitrogens with zero attached hydrogens (tertiary/aromatic N) is 2. The van der Waals surface area contributed by atoms with Crippen LogP contribution in [-0.4, -0.2) is 73.6 Å². The number of hydrogen-bond acceptors (Lipinski definition) is 5. The second kappa shape index (κ2) is 11.4. The number of rotatable bonds is 8. The predicted octanol–water partition coefficient (Wildman–Crippen LogP) is 2.95. The number of halogens is 1. The van der Waals surface area contributed by atoms with Crippen molar-refractivity contribution in [1.82, 2.24) is 15.5 Å². The molecule has 2 fully saturated rings. The van der Waals surface area contributed by atoms with Crippen LogP contribution in [0.1, 0.15) is 24.5 Å². The third kappa shape index (κ3) is 6.26. The zero-order valence-corrected chi connectivity index (χ0v) is 19.1. The fourth-order valence-electron chi connectivity index (χ4n) is 3.93. The Morgan fingerprint density at radius 2 is 2.14 bits per heavy atom. The van der Waals surface area contributed by atoms with E-state index in [0.717, 1.165) is 68.0 Å². The Morgan fingerprint density at radius 1 is 1.31 bits per heavy atom. The number of nitrogens with one attached hydrogen (secondary N) is 2. The Kier molecular flexibility index (Phi) is 8.96. The molecule has 0 saturated carbocycles. The van der Waals surface area contributed by atoms with Crippen molar-refractivity contribution in [2.75, 3.05) is 57.2 Å². The Bertz CT molecular complexity index is 677. The van der Waals surface area contributed by atoms with Crippen molar-refractivity contribution >= 4 is 29.5 Å². The topological polar surface area (TPSA) is 48.9 Å². The van der Waals surface area contributed by atoms with Crippen LogP contribution in [0.4, 0.5) is 4.39 Å². The van der Waals surface area contributed by atoms with Gasteiger partial charge in [-0.2, -0.15) is 23.5 Å². The summed E-state index contributed by atoms with van der Waals surface area (Å²) in [5.74, 6) is 3.80. The molecule has 0 bridgehead atoms. The summed E-state index contributed by atoms with van der Waals surface area (Å²) in [6, 6.07) is 5.01. The van der Waals surface area contributed by atoms with Crippen molar-refractivity contribution in [3.05, 3.63) is 35.1 Å². The molecule has 1 atom stereocenters. The average Bonchev–Trinajstić information content (AvgIpc) is 3.22. The summed E-state index contributed by atoms with van der Waals surface area (Å²) < 4.78 is 19.2. The summed E-state index contributed by atoms with van der Waals surface area (Å²) >= 11 is 3.74. The van der Waals surface area contributed by atoms with Crippen LogP contribution in [0.5, 0.6) is 0 Å². The standard InChI is InChI=1S/C21H33FN4OS2/c1-3-23-20(24-13-17-4-5-19(22)12-18(17)14-28-2)25-15-21(6-11-29-16-21)26-7-9-27-10-8-26/h4-5,12H,3,6-11,13-16H2,1-2H3,(H2,23,24,25). The minimum atomic E-state index is -0.182. The molecule has 162 valence electrons. The van der Waals surface area contributed by atoms with Gasteiger partial charge in [-0.05, 0) is 48.6 Å². The molecule has 2 N–H and O–H groups in total. The molecule has 29 heavy (non-hydrogen) atoms. The maximum atomic E-state index is 13.6. The van der Waals surface area contributed by atoms with Gasteiger partial charge in [0.25, 0.3) is 0 Å². The number of guanidine groups is 1. The van der Waals surface area contributed by atoms with Gasteiger partial charge in [0, 0.05) is 43.2 Å². The molecule has 0 spiro atoms. The maximum Gasteiger partial charge on any atom is 0.191 e. The first kappa shape index (κ1) is 22.7. The van der Waals surface area contributed by atoms with Gasteiger partial charge in [-0.3, -0.25) is 4.90 Å². The highest BCUT2D eigenvalue weighted by Gasteiger charge is 2.40. The molecule has 3 rings (SSSR count). The second-order valence-corrected chi connectivity index (χ2v) is 9.49. The lowest BCUT2D eigenvalue weighted by Crippen LogP contribution is -2.60. The molecular formula is C21H33FN4OS2.